The number of ether oxygens (including phenoxy) is 2. The van der Waals surface area contributed by atoms with Gasteiger partial charge in [0, 0.05) is 4.47 Å². The van der Waals surface area contributed by atoms with Crippen molar-refractivity contribution in [1.29, 1.82) is 0 Å². The van der Waals surface area contributed by atoms with E-state index in [1.165, 1.54) is 4.90 Å². The third-order valence-electron chi connectivity index (χ3n) is 2.78. The highest BCUT2D eigenvalue weighted by atomic mass is 79.9. The van der Waals surface area contributed by atoms with Crippen LogP contribution >= 0.6 is 15.9 Å². The lowest BCUT2D eigenvalue weighted by molar-refractivity contribution is -0.147. The van der Waals surface area contributed by atoms with Crippen molar-refractivity contribution in [1.82, 2.24) is 4.90 Å². The van der Waals surface area contributed by atoms with Gasteiger partial charge in [0.15, 0.2) is 6.04 Å². The van der Waals surface area contributed by atoms with E-state index in [1.807, 2.05) is 24.3 Å². The number of nitrogens with zero attached hydrogens (tertiary/aromatic N) is 1. The van der Waals surface area contributed by atoms with Gasteiger partial charge >= 0.3 is 12.1 Å². The lowest BCUT2D eigenvalue weighted by Crippen LogP contribution is -2.40. The van der Waals surface area contributed by atoms with Crippen molar-refractivity contribution in [3.63, 3.8) is 0 Å². The number of hydrogen-bond donors (Lipinski definition) is 0. The molecule has 1 aliphatic rings. The number of hydrogen-bond acceptors (Lipinski definition) is 4. The summed E-state index contributed by atoms with van der Waals surface area (Å²) in [7, 11) is 0. The molecule has 6 heteroatoms. The summed E-state index contributed by atoms with van der Waals surface area (Å²) in [6.07, 6.45) is -0.488. The van der Waals surface area contributed by atoms with Crippen LogP contribution in [-0.2, 0) is 20.8 Å². The summed E-state index contributed by atoms with van der Waals surface area (Å²) in [5.41, 5.74) is 0.919. The van der Waals surface area contributed by atoms with Crippen molar-refractivity contribution in [3.05, 3.63) is 34.3 Å². The number of cyclic esters (lactones) is 1. The van der Waals surface area contributed by atoms with E-state index < -0.39 is 18.1 Å². The van der Waals surface area contributed by atoms with Gasteiger partial charge < -0.3 is 9.47 Å². The topological polar surface area (TPSA) is 55.8 Å². The Balaban J connectivity index is 2.11. The average molecular weight is 328 g/mol. The Morgan fingerprint density at radius 1 is 1.58 bits per heavy atom. The van der Waals surface area contributed by atoms with Crippen molar-refractivity contribution in [2.75, 3.05) is 13.2 Å². The van der Waals surface area contributed by atoms with Crippen molar-refractivity contribution in [2.24, 2.45) is 0 Å². The molecule has 102 valence electrons. The molecule has 19 heavy (non-hydrogen) atoms. The molecule has 0 N–H and O–H groups in total. The van der Waals surface area contributed by atoms with E-state index in [0.717, 1.165) is 10.0 Å². The second-order valence-electron chi connectivity index (χ2n) is 4.10. The normalized spacial score (nSPS) is 18.3. The summed E-state index contributed by atoms with van der Waals surface area (Å²) in [6, 6.07) is 6.90. The van der Waals surface area contributed by atoms with Crippen LogP contribution in [0.15, 0.2) is 28.7 Å². The molecule has 5 nitrogen and oxygen atoms in total. The lowest BCUT2D eigenvalue weighted by atomic mass is 10.2. The van der Waals surface area contributed by atoms with Crippen molar-refractivity contribution < 1.29 is 19.1 Å². The SMILES string of the molecule is CCOC(=O)[C@H]1COC(=O)N1Cc1cccc(Br)c1. The second kappa shape index (κ2) is 6.06. The molecule has 1 aromatic carbocycles. The molecule has 1 aromatic rings. The molecule has 0 aromatic heterocycles. The van der Waals surface area contributed by atoms with E-state index in [2.05, 4.69) is 15.9 Å². The third kappa shape index (κ3) is 3.26. The maximum absolute atomic E-state index is 11.8. The fourth-order valence-electron chi connectivity index (χ4n) is 1.89. The Bertz CT molecular complexity index is 491. The minimum Gasteiger partial charge on any atom is -0.464 e. The van der Waals surface area contributed by atoms with Gasteiger partial charge in [0.05, 0.1) is 13.2 Å². The largest absolute Gasteiger partial charge is 0.464 e. The first-order valence-electron chi connectivity index (χ1n) is 5.96. The van der Waals surface area contributed by atoms with Gasteiger partial charge in [-0.1, -0.05) is 28.1 Å². The summed E-state index contributed by atoms with van der Waals surface area (Å²) in [4.78, 5) is 24.8. The predicted molar refractivity (Wildman–Crippen MR) is 71.5 cm³/mol. The monoisotopic (exact) mass is 327 g/mol. The van der Waals surface area contributed by atoms with Gasteiger partial charge in [-0.3, -0.25) is 4.90 Å². The van der Waals surface area contributed by atoms with Crippen LogP contribution in [0, 0.1) is 0 Å². The Hall–Kier alpha value is -1.56. The highest BCUT2D eigenvalue weighted by Gasteiger charge is 2.38. The van der Waals surface area contributed by atoms with E-state index in [-0.39, 0.29) is 13.2 Å². The van der Waals surface area contributed by atoms with Gasteiger partial charge in [0.25, 0.3) is 0 Å². The van der Waals surface area contributed by atoms with Crippen LogP contribution in [0.2, 0.25) is 0 Å². The molecular weight excluding hydrogens is 314 g/mol. The average Bonchev–Trinajstić information content (AvgIpc) is 2.72. The quantitative estimate of drug-likeness (QED) is 0.796. The van der Waals surface area contributed by atoms with Crippen LogP contribution in [0.1, 0.15) is 12.5 Å². The maximum atomic E-state index is 11.8. The summed E-state index contributed by atoms with van der Waals surface area (Å²) >= 11 is 3.37. The lowest BCUT2D eigenvalue weighted by Gasteiger charge is -2.19. The van der Waals surface area contributed by atoms with Crippen LogP contribution in [0.4, 0.5) is 4.79 Å². The first-order valence-corrected chi connectivity index (χ1v) is 6.75. The standard InChI is InChI=1S/C13H14BrNO4/c1-2-18-12(16)11-8-19-13(17)15(11)7-9-4-3-5-10(14)6-9/h3-6,11H,2,7-8H2,1H3/t11-/m1/s1. The van der Waals surface area contributed by atoms with Gasteiger partial charge in [0.1, 0.15) is 6.61 Å². The molecule has 1 atom stereocenters. The number of esters is 1. The van der Waals surface area contributed by atoms with Gasteiger partial charge in [-0.2, -0.15) is 0 Å². The third-order valence-corrected chi connectivity index (χ3v) is 3.27. The second-order valence-corrected chi connectivity index (χ2v) is 5.02. The molecule has 1 aliphatic heterocycles. The highest BCUT2D eigenvalue weighted by Crippen LogP contribution is 2.19. The van der Waals surface area contributed by atoms with Gasteiger partial charge in [-0.25, -0.2) is 9.59 Å². The number of benzene rings is 1. The predicted octanol–water partition coefficient (Wildman–Crippen LogP) is 2.33. The molecule has 1 fully saturated rings. The van der Waals surface area contributed by atoms with E-state index >= 15 is 0 Å². The number of rotatable bonds is 4. The number of carbonyl (C=O) groups is 2. The van der Waals surface area contributed by atoms with E-state index in [4.69, 9.17) is 9.47 Å². The highest BCUT2D eigenvalue weighted by molar-refractivity contribution is 9.10. The maximum Gasteiger partial charge on any atom is 0.411 e. The van der Waals surface area contributed by atoms with E-state index in [9.17, 15) is 9.59 Å². The van der Waals surface area contributed by atoms with Crippen molar-refractivity contribution in [3.8, 4) is 0 Å². The summed E-state index contributed by atoms with van der Waals surface area (Å²) in [5, 5.41) is 0. The first-order chi connectivity index (χ1) is 9.11. The van der Waals surface area contributed by atoms with Crippen molar-refractivity contribution in [2.45, 2.75) is 19.5 Å². The van der Waals surface area contributed by atoms with Gasteiger partial charge in [-0.05, 0) is 24.6 Å². The zero-order valence-electron chi connectivity index (χ0n) is 10.5. The molecule has 1 heterocycles. The summed E-state index contributed by atoms with van der Waals surface area (Å²) < 4.78 is 10.8. The van der Waals surface area contributed by atoms with Crippen LogP contribution in [-0.4, -0.2) is 36.2 Å². The molecule has 2 rings (SSSR count). The molecule has 0 saturated carbocycles. The molecule has 0 unspecified atom stereocenters. The van der Waals surface area contributed by atoms with Crippen LogP contribution < -0.4 is 0 Å². The zero-order chi connectivity index (χ0) is 13.8. The fraction of sp³-hybridized carbons (Fsp3) is 0.385. The molecule has 0 bridgehead atoms. The van der Waals surface area contributed by atoms with E-state index in [1.54, 1.807) is 6.92 Å². The summed E-state index contributed by atoms with van der Waals surface area (Å²) in [6.45, 7) is 2.38. The minimum absolute atomic E-state index is 0.0473. The van der Waals surface area contributed by atoms with Crippen molar-refractivity contribution >= 4 is 28.0 Å². The minimum atomic E-state index is -0.661. The molecular formula is C13H14BrNO4. The molecule has 1 saturated heterocycles. The number of halogens is 1. The first kappa shape index (κ1) is 13.9. The molecule has 0 radical (unpaired) electrons. The van der Waals surface area contributed by atoms with Crippen LogP contribution in [0.25, 0.3) is 0 Å². The fourth-order valence-corrected chi connectivity index (χ4v) is 2.34. The Labute approximate surface area is 119 Å². The number of amides is 1. The Morgan fingerprint density at radius 3 is 3.05 bits per heavy atom. The molecule has 0 aliphatic carbocycles. The molecule has 0 spiro atoms. The van der Waals surface area contributed by atoms with Crippen LogP contribution in [0.5, 0.6) is 0 Å². The Kier molecular flexibility index (Phi) is 4.42. The zero-order valence-corrected chi connectivity index (χ0v) is 12.1. The smallest absolute Gasteiger partial charge is 0.411 e. The van der Waals surface area contributed by atoms with Gasteiger partial charge in [-0.15, -0.1) is 0 Å². The Morgan fingerprint density at radius 2 is 2.37 bits per heavy atom. The van der Waals surface area contributed by atoms with E-state index in [0.29, 0.717) is 6.54 Å². The summed E-state index contributed by atoms with van der Waals surface area (Å²) in [5.74, 6) is -0.427. The van der Waals surface area contributed by atoms with Crippen LogP contribution in [0.3, 0.4) is 0 Å². The number of carbonyl (C=O) groups excluding carboxylic acids is 2. The molecule has 1 amide bonds. The van der Waals surface area contributed by atoms with Gasteiger partial charge in [0.2, 0.25) is 0 Å².